The summed E-state index contributed by atoms with van der Waals surface area (Å²) in [6, 6.07) is 2.96. The van der Waals surface area contributed by atoms with Gasteiger partial charge in [-0.25, -0.2) is 9.18 Å². The first-order valence-corrected chi connectivity index (χ1v) is 7.35. The van der Waals surface area contributed by atoms with Crippen LogP contribution in [-0.4, -0.2) is 24.1 Å². The number of amides is 3. The zero-order valence-corrected chi connectivity index (χ0v) is 13.9. The Balaban J connectivity index is 2.09. The zero-order chi connectivity index (χ0) is 17.9. The molecule has 24 heavy (non-hydrogen) atoms. The van der Waals surface area contributed by atoms with E-state index in [2.05, 4.69) is 21.1 Å². The lowest BCUT2D eigenvalue weighted by molar-refractivity contribution is 0.0959. The Bertz CT molecular complexity index is 753. The molecule has 1 heterocycles. The number of hydrogen-bond acceptors (Lipinski definition) is 4. The van der Waals surface area contributed by atoms with Crippen LogP contribution in [0, 0.1) is 19.7 Å². The van der Waals surface area contributed by atoms with E-state index in [0.717, 1.165) is 11.6 Å². The van der Waals surface area contributed by atoms with Crippen molar-refractivity contribution in [2.45, 2.75) is 26.8 Å². The Labute approximate surface area is 138 Å². The molecule has 0 aliphatic carbocycles. The highest BCUT2D eigenvalue weighted by molar-refractivity contribution is 5.97. The zero-order valence-electron chi connectivity index (χ0n) is 13.9. The van der Waals surface area contributed by atoms with Crippen molar-refractivity contribution in [1.82, 2.24) is 15.8 Å². The fourth-order valence-electron chi connectivity index (χ4n) is 2.46. The van der Waals surface area contributed by atoms with Gasteiger partial charge in [-0.05, 0) is 39.0 Å². The average molecular weight is 334 g/mol. The van der Waals surface area contributed by atoms with Crippen LogP contribution in [0.4, 0.5) is 14.9 Å². The van der Waals surface area contributed by atoms with Gasteiger partial charge in [0, 0.05) is 18.3 Å². The summed E-state index contributed by atoms with van der Waals surface area (Å²) in [6.45, 7) is 5.35. The molecule has 0 fully saturated rings. The van der Waals surface area contributed by atoms with Crippen LogP contribution in [0.5, 0.6) is 0 Å². The molecule has 2 rings (SSSR count). The molecule has 8 heteroatoms. The predicted molar refractivity (Wildman–Crippen MR) is 86.3 cm³/mol. The third kappa shape index (κ3) is 3.70. The maximum absolute atomic E-state index is 13.6. The summed E-state index contributed by atoms with van der Waals surface area (Å²) in [7, 11) is 1.40. The number of urea groups is 1. The molecule has 2 aromatic rings. The molecule has 7 nitrogen and oxygen atoms in total. The van der Waals surface area contributed by atoms with Crippen molar-refractivity contribution in [3.8, 4) is 0 Å². The van der Waals surface area contributed by atoms with Crippen molar-refractivity contribution in [3.63, 3.8) is 0 Å². The van der Waals surface area contributed by atoms with Gasteiger partial charge in [0.25, 0.3) is 5.91 Å². The SMILES string of the molecule is CNC(=O)c1cc(NC(=O)N[C@H](C)c2c(C)noc2C)ccc1F. The first-order valence-electron chi connectivity index (χ1n) is 7.35. The number of nitrogens with one attached hydrogen (secondary N) is 3. The molecule has 0 unspecified atom stereocenters. The normalized spacial score (nSPS) is 11.7. The maximum atomic E-state index is 13.6. The molecule has 1 atom stereocenters. The molecule has 0 aliphatic heterocycles. The monoisotopic (exact) mass is 334 g/mol. The Morgan fingerprint density at radius 3 is 2.58 bits per heavy atom. The second kappa shape index (κ2) is 7.12. The molecule has 3 amide bonds. The summed E-state index contributed by atoms with van der Waals surface area (Å²) in [5.41, 5.74) is 1.66. The van der Waals surface area contributed by atoms with Crippen molar-refractivity contribution in [1.29, 1.82) is 0 Å². The number of nitrogens with zero attached hydrogens (tertiary/aromatic N) is 1. The second-order valence-electron chi connectivity index (χ2n) is 5.33. The summed E-state index contributed by atoms with van der Waals surface area (Å²) >= 11 is 0. The number of halogens is 1. The average Bonchev–Trinajstić information content (AvgIpc) is 2.87. The van der Waals surface area contributed by atoms with Gasteiger partial charge < -0.3 is 20.5 Å². The van der Waals surface area contributed by atoms with Gasteiger partial charge in [0.1, 0.15) is 11.6 Å². The predicted octanol–water partition coefficient (Wildman–Crippen LogP) is 2.67. The Kier molecular flexibility index (Phi) is 5.18. The number of benzene rings is 1. The van der Waals surface area contributed by atoms with Gasteiger partial charge in [-0.15, -0.1) is 0 Å². The molecule has 3 N–H and O–H groups in total. The van der Waals surface area contributed by atoms with Gasteiger partial charge in [0.2, 0.25) is 0 Å². The minimum Gasteiger partial charge on any atom is -0.361 e. The first-order chi connectivity index (χ1) is 11.3. The van der Waals surface area contributed by atoms with Gasteiger partial charge in [-0.1, -0.05) is 5.16 Å². The maximum Gasteiger partial charge on any atom is 0.319 e. The molecular weight excluding hydrogens is 315 g/mol. The van der Waals surface area contributed by atoms with Crippen LogP contribution in [0.3, 0.4) is 0 Å². The van der Waals surface area contributed by atoms with E-state index >= 15 is 0 Å². The highest BCUT2D eigenvalue weighted by Gasteiger charge is 2.18. The molecule has 0 spiro atoms. The van der Waals surface area contributed by atoms with Gasteiger partial charge in [0.05, 0.1) is 17.3 Å². The summed E-state index contributed by atoms with van der Waals surface area (Å²) < 4.78 is 18.7. The van der Waals surface area contributed by atoms with Crippen LogP contribution in [0.25, 0.3) is 0 Å². The van der Waals surface area contributed by atoms with E-state index in [-0.39, 0.29) is 11.6 Å². The second-order valence-corrected chi connectivity index (χ2v) is 5.33. The lowest BCUT2D eigenvalue weighted by Crippen LogP contribution is -2.31. The van der Waals surface area contributed by atoms with Gasteiger partial charge in [-0.2, -0.15) is 0 Å². The number of anilines is 1. The molecule has 0 aliphatic rings. The van der Waals surface area contributed by atoms with Crippen LogP contribution >= 0.6 is 0 Å². The highest BCUT2D eigenvalue weighted by Crippen LogP contribution is 2.21. The van der Waals surface area contributed by atoms with Gasteiger partial charge in [0.15, 0.2) is 0 Å². The summed E-state index contributed by atoms with van der Waals surface area (Å²) in [6.07, 6.45) is 0. The number of rotatable bonds is 4. The Morgan fingerprint density at radius 2 is 2.00 bits per heavy atom. The molecule has 1 aromatic heterocycles. The van der Waals surface area contributed by atoms with Crippen molar-refractivity contribution in [2.24, 2.45) is 0 Å². The van der Waals surface area contributed by atoms with Crippen LogP contribution in [0.15, 0.2) is 22.7 Å². The van der Waals surface area contributed by atoms with Crippen molar-refractivity contribution < 1.29 is 18.5 Å². The molecular formula is C16H19FN4O3. The van der Waals surface area contributed by atoms with Crippen molar-refractivity contribution >= 4 is 17.6 Å². The smallest absolute Gasteiger partial charge is 0.319 e. The summed E-state index contributed by atoms with van der Waals surface area (Å²) in [4.78, 5) is 23.7. The summed E-state index contributed by atoms with van der Waals surface area (Å²) in [5.74, 6) is -0.603. The third-order valence-electron chi connectivity index (χ3n) is 3.57. The van der Waals surface area contributed by atoms with Gasteiger partial charge >= 0.3 is 6.03 Å². The molecule has 0 radical (unpaired) electrons. The topological polar surface area (TPSA) is 96.3 Å². The van der Waals surface area contributed by atoms with Crippen molar-refractivity contribution in [2.75, 3.05) is 12.4 Å². The van der Waals surface area contributed by atoms with E-state index in [0.29, 0.717) is 17.1 Å². The number of hydrogen-bond donors (Lipinski definition) is 3. The van der Waals surface area contributed by atoms with Gasteiger partial charge in [-0.3, -0.25) is 4.79 Å². The first kappa shape index (κ1) is 17.5. The van der Waals surface area contributed by atoms with E-state index < -0.39 is 17.8 Å². The van der Waals surface area contributed by atoms with Crippen LogP contribution in [0.1, 0.15) is 40.3 Å². The molecule has 0 saturated carbocycles. The number of carbonyl (C=O) groups is 2. The van der Waals surface area contributed by atoms with Crippen LogP contribution in [-0.2, 0) is 0 Å². The van der Waals surface area contributed by atoms with E-state index in [1.54, 1.807) is 20.8 Å². The van der Waals surface area contributed by atoms with E-state index in [1.807, 2.05) is 0 Å². The highest BCUT2D eigenvalue weighted by atomic mass is 19.1. The third-order valence-corrected chi connectivity index (χ3v) is 3.57. The molecule has 0 saturated heterocycles. The molecule has 128 valence electrons. The van der Waals surface area contributed by atoms with E-state index in [1.165, 1.54) is 19.2 Å². The summed E-state index contributed by atoms with van der Waals surface area (Å²) in [5, 5.41) is 11.5. The van der Waals surface area contributed by atoms with Crippen LogP contribution < -0.4 is 16.0 Å². The van der Waals surface area contributed by atoms with E-state index in [4.69, 9.17) is 4.52 Å². The minimum absolute atomic E-state index is 0.144. The quantitative estimate of drug-likeness (QED) is 0.801. The van der Waals surface area contributed by atoms with E-state index in [9.17, 15) is 14.0 Å². The fourth-order valence-corrected chi connectivity index (χ4v) is 2.46. The lowest BCUT2D eigenvalue weighted by Gasteiger charge is -2.15. The standard InChI is InChI=1S/C16H19FN4O3/c1-8(14-9(2)21-24-10(14)3)19-16(23)20-11-5-6-13(17)12(7-11)15(22)18-4/h5-8H,1-4H3,(H,18,22)(H2,19,20,23)/t8-/m1/s1. The Morgan fingerprint density at radius 1 is 1.29 bits per heavy atom. The minimum atomic E-state index is -0.663. The largest absolute Gasteiger partial charge is 0.361 e. The number of aromatic nitrogens is 1. The number of carbonyl (C=O) groups excluding carboxylic acids is 2. The fraction of sp³-hybridized carbons (Fsp3) is 0.312. The number of aryl methyl sites for hydroxylation is 2. The molecule has 1 aromatic carbocycles. The Hall–Kier alpha value is -2.90. The molecule has 0 bridgehead atoms. The lowest BCUT2D eigenvalue weighted by atomic mass is 10.1. The van der Waals surface area contributed by atoms with Crippen molar-refractivity contribution in [3.05, 3.63) is 46.6 Å². The van der Waals surface area contributed by atoms with Crippen LogP contribution in [0.2, 0.25) is 0 Å².